The van der Waals surface area contributed by atoms with Crippen molar-refractivity contribution >= 4 is 5.91 Å². The zero-order chi connectivity index (χ0) is 29.7. The summed E-state index contributed by atoms with van der Waals surface area (Å²) in [5, 5.41) is 3.45. The van der Waals surface area contributed by atoms with Gasteiger partial charge in [0.25, 0.3) is 5.91 Å². The molecular formula is C34H44N2O6. The first kappa shape index (κ1) is 31.3. The van der Waals surface area contributed by atoms with Crippen LogP contribution in [0.3, 0.4) is 0 Å². The molecule has 8 heteroatoms. The van der Waals surface area contributed by atoms with Crippen molar-refractivity contribution in [1.82, 2.24) is 10.2 Å². The third-order valence-electron chi connectivity index (χ3n) is 7.37. The SMILES string of the molecule is COCCCOc1cc(C(=O)N(C[C@@H]2CNC[C@H]2OCc2cccc(OCc3ccccc3)c2)C(C)C)ccc1OC. The summed E-state index contributed by atoms with van der Waals surface area (Å²) in [6, 6.07) is 23.5. The summed E-state index contributed by atoms with van der Waals surface area (Å²) in [6.45, 7) is 8.29. The van der Waals surface area contributed by atoms with E-state index in [0.717, 1.165) is 36.4 Å². The minimum atomic E-state index is -0.0386. The van der Waals surface area contributed by atoms with Gasteiger partial charge < -0.3 is 33.9 Å². The summed E-state index contributed by atoms with van der Waals surface area (Å²) in [4.78, 5) is 15.6. The molecule has 1 aliphatic rings. The molecule has 8 nitrogen and oxygen atoms in total. The Bertz CT molecular complexity index is 1250. The number of amides is 1. The van der Waals surface area contributed by atoms with E-state index in [-0.39, 0.29) is 24.0 Å². The van der Waals surface area contributed by atoms with Crippen molar-refractivity contribution in [2.75, 3.05) is 47.1 Å². The number of rotatable bonds is 16. The number of benzene rings is 3. The maximum absolute atomic E-state index is 13.7. The van der Waals surface area contributed by atoms with Gasteiger partial charge in [0.2, 0.25) is 0 Å². The Morgan fingerprint density at radius 3 is 2.45 bits per heavy atom. The largest absolute Gasteiger partial charge is 0.493 e. The number of hydrogen-bond donors (Lipinski definition) is 1. The van der Waals surface area contributed by atoms with Crippen molar-refractivity contribution in [3.8, 4) is 17.2 Å². The quantitative estimate of drug-likeness (QED) is 0.231. The molecule has 1 amide bonds. The van der Waals surface area contributed by atoms with Crippen LogP contribution in [0.2, 0.25) is 0 Å². The van der Waals surface area contributed by atoms with Gasteiger partial charge in [-0.15, -0.1) is 0 Å². The molecule has 0 unspecified atom stereocenters. The van der Waals surface area contributed by atoms with Gasteiger partial charge in [-0.25, -0.2) is 0 Å². The second-order valence-corrected chi connectivity index (χ2v) is 10.8. The van der Waals surface area contributed by atoms with Crippen LogP contribution < -0.4 is 19.5 Å². The third-order valence-corrected chi connectivity index (χ3v) is 7.37. The van der Waals surface area contributed by atoms with Crippen LogP contribution in [0.4, 0.5) is 0 Å². The summed E-state index contributed by atoms with van der Waals surface area (Å²) >= 11 is 0. The van der Waals surface area contributed by atoms with Crippen LogP contribution in [0.25, 0.3) is 0 Å². The summed E-state index contributed by atoms with van der Waals surface area (Å²) in [6.07, 6.45) is 0.736. The van der Waals surface area contributed by atoms with E-state index < -0.39 is 0 Å². The summed E-state index contributed by atoms with van der Waals surface area (Å²) in [7, 11) is 3.26. The minimum absolute atomic E-state index is 0.0107. The Kier molecular flexibility index (Phi) is 12.1. The Hall–Kier alpha value is -3.59. The molecule has 1 fully saturated rings. The van der Waals surface area contributed by atoms with E-state index >= 15 is 0 Å². The number of carbonyl (C=O) groups is 1. The first-order valence-electron chi connectivity index (χ1n) is 14.7. The van der Waals surface area contributed by atoms with Gasteiger partial charge >= 0.3 is 0 Å². The predicted molar refractivity (Wildman–Crippen MR) is 163 cm³/mol. The number of nitrogens with one attached hydrogen (secondary N) is 1. The fourth-order valence-electron chi connectivity index (χ4n) is 5.01. The van der Waals surface area contributed by atoms with Gasteiger partial charge in [-0.3, -0.25) is 4.79 Å². The monoisotopic (exact) mass is 576 g/mol. The third kappa shape index (κ3) is 8.95. The van der Waals surface area contributed by atoms with Crippen LogP contribution in [0.5, 0.6) is 17.2 Å². The van der Waals surface area contributed by atoms with Gasteiger partial charge in [0.05, 0.1) is 26.4 Å². The molecule has 0 bridgehead atoms. The molecular weight excluding hydrogens is 532 g/mol. The van der Waals surface area contributed by atoms with Gasteiger partial charge in [-0.2, -0.15) is 0 Å². The molecule has 0 radical (unpaired) electrons. The van der Waals surface area contributed by atoms with Crippen LogP contribution in [0.1, 0.15) is 41.8 Å². The zero-order valence-corrected chi connectivity index (χ0v) is 25.2. The first-order chi connectivity index (χ1) is 20.5. The first-order valence-corrected chi connectivity index (χ1v) is 14.7. The van der Waals surface area contributed by atoms with Gasteiger partial charge in [-0.1, -0.05) is 42.5 Å². The smallest absolute Gasteiger partial charge is 0.254 e. The number of nitrogens with zero attached hydrogens (tertiary/aromatic N) is 1. The second kappa shape index (κ2) is 16.2. The molecule has 0 spiro atoms. The van der Waals surface area contributed by atoms with Crippen LogP contribution in [-0.2, 0) is 22.7 Å². The molecule has 2 atom stereocenters. The Morgan fingerprint density at radius 1 is 0.881 bits per heavy atom. The maximum Gasteiger partial charge on any atom is 0.254 e. The molecule has 1 N–H and O–H groups in total. The van der Waals surface area contributed by atoms with Crippen LogP contribution >= 0.6 is 0 Å². The Morgan fingerprint density at radius 2 is 1.69 bits per heavy atom. The normalized spacial score (nSPS) is 16.4. The van der Waals surface area contributed by atoms with E-state index in [1.165, 1.54) is 0 Å². The van der Waals surface area contributed by atoms with Crippen molar-refractivity contribution in [2.24, 2.45) is 5.92 Å². The molecule has 1 aliphatic heterocycles. The molecule has 4 rings (SSSR count). The van der Waals surface area contributed by atoms with Crippen molar-refractivity contribution in [2.45, 2.75) is 45.6 Å². The molecule has 1 heterocycles. The standard InChI is InChI=1S/C34H44N2O6/c1-25(2)36(34(37)28-14-15-31(39-4)32(19-28)40-17-9-16-38-3)22-29-20-35-21-33(29)42-24-27-12-8-13-30(18-27)41-23-26-10-6-5-7-11-26/h5-8,10-15,18-19,25,29,33,35H,9,16-17,20-24H2,1-4H3/t29-,33+/m0/s1. The van der Waals surface area contributed by atoms with E-state index in [1.54, 1.807) is 32.4 Å². The van der Waals surface area contributed by atoms with Crippen molar-refractivity contribution < 1.29 is 28.5 Å². The molecule has 3 aromatic carbocycles. The minimum Gasteiger partial charge on any atom is -0.493 e. The molecule has 0 aromatic heterocycles. The highest BCUT2D eigenvalue weighted by atomic mass is 16.5. The molecule has 1 saturated heterocycles. The predicted octanol–water partition coefficient (Wildman–Crippen LogP) is 5.34. The Labute approximate surface area is 249 Å². The maximum atomic E-state index is 13.7. The summed E-state index contributed by atoms with van der Waals surface area (Å²) < 4.78 is 28.9. The topological polar surface area (TPSA) is 78.5 Å². The zero-order valence-electron chi connectivity index (χ0n) is 25.2. The molecule has 42 heavy (non-hydrogen) atoms. The lowest BCUT2D eigenvalue weighted by Gasteiger charge is -2.31. The lowest BCUT2D eigenvalue weighted by molar-refractivity contribution is 0.0128. The van der Waals surface area contributed by atoms with Crippen LogP contribution in [-0.4, -0.2) is 70.0 Å². The van der Waals surface area contributed by atoms with Gasteiger partial charge in [0.15, 0.2) is 11.5 Å². The summed E-state index contributed by atoms with van der Waals surface area (Å²) in [5.74, 6) is 2.10. The van der Waals surface area contributed by atoms with Crippen LogP contribution in [0.15, 0.2) is 72.8 Å². The van der Waals surface area contributed by atoms with Crippen molar-refractivity contribution in [3.05, 3.63) is 89.5 Å². The van der Waals surface area contributed by atoms with E-state index in [0.29, 0.717) is 50.0 Å². The van der Waals surface area contributed by atoms with Gasteiger partial charge in [-0.05, 0) is 55.3 Å². The number of hydrogen-bond acceptors (Lipinski definition) is 7. The number of ether oxygens (including phenoxy) is 5. The molecule has 226 valence electrons. The second-order valence-electron chi connectivity index (χ2n) is 10.8. The molecule has 0 aliphatic carbocycles. The fraction of sp³-hybridized carbons (Fsp3) is 0.441. The lowest BCUT2D eigenvalue weighted by atomic mass is 10.0. The number of carbonyl (C=O) groups excluding carboxylic acids is 1. The lowest BCUT2D eigenvalue weighted by Crippen LogP contribution is -2.43. The highest BCUT2D eigenvalue weighted by molar-refractivity contribution is 5.95. The highest BCUT2D eigenvalue weighted by Gasteiger charge is 2.32. The van der Waals surface area contributed by atoms with Gasteiger partial charge in [0.1, 0.15) is 12.4 Å². The molecule has 0 saturated carbocycles. The van der Waals surface area contributed by atoms with Crippen molar-refractivity contribution in [3.63, 3.8) is 0 Å². The summed E-state index contributed by atoms with van der Waals surface area (Å²) in [5.41, 5.74) is 2.75. The number of methoxy groups -OCH3 is 2. The van der Waals surface area contributed by atoms with E-state index in [4.69, 9.17) is 23.7 Å². The van der Waals surface area contributed by atoms with E-state index in [9.17, 15) is 4.79 Å². The van der Waals surface area contributed by atoms with Crippen LogP contribution in [0, 0.1) is 5.92 Å². The highest BCUT2D eigenvalue weighted by Crippen LogP contribution is 2.29. The van der Waals surface area contributed by atoms with E-state index in [2.05, 4.69) is 23.5 Å². The average molecular weight is 577 g/mol. The Balaban J connectivity index is 1.36. The van der Waals surface area contributed by atoms with E-state index in [1.807, 2.05) is 55.1 Å². The molecule has 3 aromatic rings. The van der Waals surface area contributed by atoms with Crippen molar-refractivity contribution in [1.29, 1.82) is 0 Å². The average Bonchev–Trinajstić information content (AvgIpc) is 3.47. The van der Waals surface area contributed by atoms with Gasteiger partial charge in [0, 0.05) is 57.3 Å². The fourth-order valence-corrected chi connectivity index (χ4v) is 5.01.